The van der Waals surface area contributed by atoms with Crippen LogP contribution in [0.4, 0.5) is 0 Å². The van der Waals surface area contributed by atoms with Gasteiger partial charge in [-0.25, -0.2) is 0 Å². The first kappa shape index (κ1) is 12.7. The van der Waals surface area contributed by atoms with Crippen molar-refractivity contribution in [2.24, 2.45) is 0 Å². The van der Waals surface area contributed by atoms with Gasteiger partial charge in [0.1, 0.15) is 0 Å². The molecule has 2 heteroatoms. The third-order valence-corrected chi connectivity index (χ3v) is 1.96. The van der Waals surface area contributed by atoms with Crippen molar-refractivity contribution in [2.45, 2.75) is 39.2 Å². The maximum Gasteiger partial charge on any atom is 0.0480 e. The van der Waals surface area contributed by atoms with Gasteiger partial charge < -0.3 is 10.1 Å². The highest BCUT2D eigenvalue weighted by atomic mass is 16.5. The van der Waals surface area contributed by atoms with Gasteiger partial charge in [-0.15, -0.1) is 6.58 Å². The van der Waals surface area contributed by atoms with Gasteiger partial charge in [0.05, 0.1) is 0 Å². The molecule has 0 aromatic heterocycles. The lowest BCUT2D eigenvalue weighted by atomic mass is 10.1. The summed E-state index contributed by atoms with van der Waals surface area (Å²) in [6.07, 6.45) is 3.22. The molecule has 1 atom stereocenters. The molecule has 0 radical (unpaired) electrons. The zero-order valence-electron chi connectivity index (χ0n) is 9.23. The first-order valence-electron chi connectivity index (χ1n) is 5.10. The Morgan fingerprint density at radius 3 is 2.62 bits per heavy atom. The van der Waals surface area contributed by atoms with E-state index in [4.69, 9.17) is 4.74 Å². The van der Waals surface area contributed by atoms with Crippen molar-refractivity contribution in [3.8, 4) is 0 Å². The van der Waals surface area contributed by atoms with Crippen LogP contribution in [0.3, 0.4) is 0 Å². The minimum atomic E-state index is 0.523. The highest BCUT2D eigenvalue weighted by Gasteiger charge is 2.05. The van der Waals surface area contributed by atoms with Crippen LogP contribution in [-0.2, 0) is 4.74 Å². The number of nitrogens with one attached hydrogen (secondary N) is 1. The molecule has 0 bridgehead atoms. The van der Waals surface area contributed by atoms with Crippen LogP contribution in [0.15, 0.2) is 12.2 Å². The van der Waals surface area contributed by atoms with E-state index in [1.165, 1.54) is 5.57 Å². The number of rotatable bonds is 8. The molecule has 2 nitrogen and oxygen atoms in total. The Labute approximate surface area is 82.4 Å². The van der Waals surface area contributed by atoms with E-state index in [-0.39, 0.29) is 0 Å². The van der Waals surface area contributed by atoms with E-state index in [1.807, 2.05) is 7.05 Å². The Kier molecular flexibility index (Phi) is 8.05. The van der Waals surface area contributed by atoms with Gasteiger partial charge in [-0.1, -0.05) is 12.5 Å². The average Bonchev–Trinajstić information content (AvgIpc) is 2.09. The second-order valence-electron chi connectivity index (χ2n) is 3.55. The fourth-order valence-corrected chi connectivity index (χ4v) is 1.24. The van der Waals surface area contributed by atoms with Crippen molar-refractivity contribution in [1.82, 2.24) is 5.32 Å². The maximum atomic E-state index is 5.43. The Morgan fingerprint density at radius 2 is 2.15 bits per heavy atom. The molecular formula is C11H23NO. The third-order valence-electron chi connectivity index (χ3n) is 1.96. The summed E-state index contributed by atoms with van der Waals surface area (Å²) in [7, 11) is 1.99. The van der Waals surface area contributed by atoms with E-state index < -0.39 is 0 Å². The largest absolute Gasteiger partial charge is 0.381 e. The van der Waals surface area contributed by atoms with Crippen LogP contribution in [-0.4, -0.2) is 26.3 Å². The van der Waals surface area contributed by atoms with E-state index in [1.54, 1.807) is 0 Å². The Balaban J connectivity index is 3.42. The average molecular weight is 185 g/mol. The predicted octanol–water partition coefficient (Wildman–Crippen LogP) is 2.36. The maximum absolute atomic E-state index is 5.43. The Hall–Kier alpha value is -0.340. The standard InChI is InChI=1S/C11H23NO/c1-5-7-13-8-6-11(12-4)9-10(2)3/h11-12H,2,5-9H2,1,3-4H3. The molecule has 0 aliphatic rings. The van der Waals surface area contributed by atoms with E-state index in [0.29, 0.717) is 6.04 Å². The lowest BCUT2D eigenvalue weighted by Crippen LogP contribution is -2.26. The molecule has 0 saturated carbocycles. The summed E-state index contributed by atoms with van der Waals surface area (Å²) in [4.78, 5) is 0. The fraction of sp³-hybridized carbons (Fsp3) is 0.818. The number of hydrogen-bond donors (Lipinski definition) is 1. The van der Waals surface area contributed by atoms with Gasteiger partial charge in [-0.2, -0.15) is 0 Å². The summed E-state index contributed by atoms with van der Waals surface area (Å²) in [5, 5.41) is 3.27. The fourth-order valence-electron chi connectivity index (χ4n) is 1.24. The van der Waals surface area contributed by atoms with Crippen molar-refractivity contribution in [2.75, 3.05) is 20.3 Å². The van der Waals surface area contributed by atoms with Crippen molar-refractivity contribution in [3.63, 3.8) is 0 Å². The molecule has 0 heterocycles. The van der Waals surface area contributed by atoms with Crippen LogP contribution in [0.2, 0.25) is 0 Å². The van der Waals surface area contributed by atoms with Gasteiger partial charge in [0.15, 0.2) is 0 Å². The molecule has 78 valence electrons. The van der Waals surface area contributed by atoms with Crippen LogP contribution in [0.1, 0.15) is 33.1 Å². The van der Waals surface area contributed by atoms with Crippen molar-refractivity contribution in [1.29, 1.82) is 0 Å². The molecule has 0 aliphatic carbocycles. The monoisotopic (exact) mass is 185 g/mol. The molecule has 0 fully saturated rings. The van der Waals surface area contributed by atoms with E-state index in [2.05, 4.69) is 25.7 Å². The van der Waals surface area contributed by atoms with E-state index in [9.17, 15) is 0 Å². The summed E-state index contributed by atoms with van der Waals surface area (Å²) in [6.45, 7) is 9.83. The molecule has 0 spiro atoms. The molecule has 0 aromatic rings. The van der Waals surface area contributed by atoms with E-state index in [0.717, 1.165) is 32.5 Å². The van der Waals surface area contributed by atoms with E-state index >= 15 is 0 Å². The van der Waals surface area contributed by atoms with Crippen LogP contribution in [0, 0.1) is 0 Å². The quantitative estimate of drug-likeness (QED) is 0.463. The normalized spacial score (nSPS) is 12.8. The topological polar surface area (TPSA) is 21.3 Å². The second kappa shape index (κ2) is 8.27. The summed E-state index contributed by atoms with van der Waals surface area (Å²) >= 11 is 0. The van der Waals surface area contributed by atoms with Crippen LogP contribution < -0.4 is 5.32 Å². The molecule has 0 saturated heterocycles. The number of ether oxygens (including phenoxy) is 1. The van der Waals surface area contributed by atoms with Gasteiger partial charge >= 0.3 is 0 Å². The summed E-state index contributed by atoms with van der Waals surface area (Å²) in [6, 6.07) is 0.523. The summed E-state index contributed by atoms with van der Waals surface area (Å²) < 4.78 is 5.43. The SMILES string of the molecule is C=C(C)CC(CCOCCC)NC. The molecule has 1 unspecified atom stereocenters. The number of hydrogen-bond acceptors (Lipinski definition) is 2. The third kappa shape index (κ3) is 8.00. The molecule has 13 heavy (non-hydrogen) atoms. The predicted molar refractivity (Wildman–Crippen MR) is 58.0 cm³/mol. The minimum absolute atomic E-state index is 0.523. The molecule has 1 N–H and O–H groups in total. The van der Waals surface area contributed by atoms with Crippen LogP contribution in [0.5, 0.6) is 0 Å². The van der Waals surface area contributed by atoms with Crippen molar-refractivity contribution in [3.05, 3.63) is 12.2 Å². The lowest BCUT2D eigenvalue weighted by Gasteiger charge is -2.15. The highest BCUT2D eigenvalue weighted by Crippen LogP contribution is 2.05. The van der Waals surface area contributed by atoms with Crippen molar-refractivity contribution >= 4 is 0 Å². The van der Waals surface area contributed by atoms with Gasteiger partial charge in [0, 0.05) is 19.3 Å². The minimum Gasteiger partial charge on any atom is -0.381 e. The molecular weight excluding hydrogens is 162 g/mol. The zero-order valence-corrected chi connectivity index (χ0v) is 9.23. The zero-order chi connectivity index (χ0) is 10.1. The molecule has 0 amide bonds. The Morgan fingerprint density at radius 1 is 1.46 bits per heavy atom. The molecule has 0 aliphatic heterocycles. The van der Waals surface area contributed by atoms with Crippen LogP contribution in [0.25, 0.3) is 0 Å². The smallest absolute Gasteiger partial charge is 0.0480 e. The van der Waals surface area contributed by atoms with Crippen LogP contribution >= 0.6 is 0 Å². The van der Waals surface area contributed by atoms with Gasteiger partial charge in [0.25, 0.3) is 0 Å². The second-order valence-corrected chi connectivity index (χ2v) is 3.55. The Bertz CT molecular complexity index is 134. The highest BCUT2D eigenvalue weighted by molar-refractivity contribution is 4.92. The van der Waals surface area contributed by atoms with Crippen molar-refractivity contribution < 1.29 is 4.74 Å². The first-order chi connectivity index (χ1) is 6.20. The van der Waals surface area contributed by atoms with Gasteiger partial charge in [-0.05, 0) is 33.2 Å². The summed E-state index contributed by atoms with van der Waals surface area (Å²) in [5.41, 5.74) is 1.23. The molecule has 0 rings (SSSR count). The lowest BCUT2D eigenvalue weighted by molar-refractivity contribution is 0.125. The molecule has 0 aromatic carbocycles. The van der Waals surface area contributed by atoms with Gasteiger partial charge in [0.2, 0.25) is 0 Å². The first-order valence-corrected chi connectivity index (χ1v) is 5.10. The summed E-state index contributed by atoms with van der Waals surface area (Å²) in [5.74, 6) is 0. The van der Waals surface area contributed by atoms with Gasteiger partial charge in [-0.3, -0.25) is 0 Å².